The molecule has 0 unspecified atom stereocenters. The summed E-state index contributed by atoms with van der Waals surface area (Å²) in [4.78, 5) is 10.5. The Hall–Kier alpha value is -1.80. The highest BCUT2D eigenvalue weighted by Gasteiger charge is 2.20. The zero-order valence-electron chi connectivity index (χ0n) is 12.5. The van der Waals surface area contributed by atoms with E-state index in [2.05, 4.69) is 4.72 Å². The van der Waals surface area contributed by atoms with Gasteiger partial charge in [-0.3, -0.25) is 9.52 Å². The Morgan fingerprint density at radius 2 is 2.00 bits per heavy atom. The van der Waals surface area contributed by atoms with Crippen molar-refractivity contribution in [3.8, 4) is 5.75 Å². The van der Waals surface area contributed by atoms with Gasteiger partial charge in [-0.1, -0.05) is 6.07 Å². The topological polar surface area (TPSA) is 95.9 Å². The summed E-state index contributed by atoms with van der Waals surface area (Å²) in [6, 6.07) is 3.40. The lowest BCUT2D eigenvalue weighted by Gasteiger charge is -2.20. The van der Waals surface area contributed by atoms with Crippen molar-refractivity contribution in [1.82, 2.24) is 4.31 Å². The van der Waals surface area contributed by atoms with E-state index in [0.29, 0.717) is 17.0 Å². The molecule has 0 radical (unpaired) electrons. The first-order chi connectivity index (χ1) is 9.69. The molecule has 118 valence electrons. The average Bonchev–Trinajstić information content (AvgIpc) is 2.39. The number of rotatable bonds is 7. The zero-order valence-corrected chi connectivity index (χ0v) is 13.3. The summed E-state index contributed by atoms with van der Waals surface area (Å²) < 4.78 is 32.9. The number of ether oxygens (including phenoxy) is 1. The Morgan fingerprint density at radius 1 is 1.38 bits per heavy atom. The van der Waals surface area contributed by atoms with Crippen LogP contribution in [0.25, 0.3) is 0 Å². The Kier molecular flexibility index (Phi) is 5.56. The fourth-order valence-electron chi connectivity index (χ4n) is 1.84. The quantitative estimate of drug-likeness (QED) is 0.792. The molecule has 1 aromatic rings. The molecule has 2 N–H and O–H groups in total. The molecule has 0 heterocycles. The molecule has 0 spiro atoms. The number of benzene rings is 1. The lowest BCUT2D eigenvalue weighted by atomic mass is 10.1. The van der Waals surface area contributed by atoms with Crippen LogP contribution in [0.5, 0.6) is 5.75 Å². The number of nitrogens with zero attached hydrogens (tertiary/aromatic N) is 1. The van der Waals surface area contributed by atoms with E-state index in [0.717, 1.165) is 9.87 Å². The van der Waals surface area contributed by atoms with Gasteiger partial charge in [-0.25, -0.2) is 0 Å². The van der Waals surface area contributed by atoms with Crippen LogP contribution in [0.3, 0.4) is 0 Å². The van der Waals surface area contributed by atoms with E-state index >= 15 is 0 Å². The van der Waals surface area contributed by atoms with Crippen LogP contribution in [-0.4, -0.2) is 44.5 Å². The maximum absolute atomic E-state index is 12.1. The van der Waals surface area contributed by atoms with Crippen molar-refractivity contribution >= 4 is 21.9 Å². The predicted molar refractivity (Wildman–Crippen MR) is 79.9 cm³/mol. The summed E-state index contributed by atoms with van der Waals surface area (Å²) in [5.41, 5.74) is 1.98. The molecule has 7 nitrogen and oxygen atoms in total. The minimum atomic E-state index is -3.80. The molecule has 0 saturated heterocycles. The highest BCUT2D eigenvalue weighted by atomic mass is 32.2. The van der Waals surface area contributed by atoms with E-state index in [-0.39, 0.29) is 13.0 Å². The third kappa shape index (κ3) is 4.33. The molecule has 0 atom stereocenters. The van der Waals surface area contributed by atoms with Gasteiger partial charge in [-0.15, -0.1) is 0 Å². The number of carbonyl (C=O) groups is 1. The Bertz CT molecular complexity index is 628. The van der Waals surface area contributed by atoms with Crippen LogP contribution in [0, 0.1) is 13.8 Å². The van der Waals surface area contributed by atoms with Gasteiger partial charge in [0.15, 0.2) is 0 Å². The first-order valence-corrected chi connectivity index (χ1v) is 7.73. The van der Waals surface area contributed by atoms with Crippen LogP contribution >= 0.6 is 0 Å². The van der Waals surface area contributed by atoms with Crippen molar-refractivity contribution in [1.29, 1.82) is 0 Å². The minimum Gasteiger partial charge on any atom is -0.496 e. The molecule has 0 saturated carbocycles. The second-order valence-electron chi connectivity index (χ2n) is 4.66. The van der Waals surface area contributed by atoms with Crippen molar-refractivity contribution in [3.05, 3.63) is 23.3 Å². The number of nitrogens with one attached hydrogen (secondary N) is 1. The van der Waals surface area contributed by atoms with Gasteiger partial charge in [-0.2, -0.15) is 12.7 Å². The molecule has 0 amide bonds. The monoisotopic (exact) mass is 316 g/mol. The van der Waals surface area contributed by atoms with E-state index in [1.54, 1.807) is 19.1 Å². The SMILES string of the molecule is COc1c(C)ccc(NS(=O)(=O)N(C)CCC(=O)O)c1C. The van der Waals surface area contributed by atoms with Gasteiger partial charge in [0.2, 0.25) is 0 Å². The fraction of sp³-hybridized carbons (Fsp3) is 0.462. The minimum absolute atomic E-state index is 0.104. The largest absolute Gasteiger partial charge is 0.496 e. The Labute approximate surface area is 124 Å². The van der Waals surface area contributed by atoms with Crippen LogP contribution in [0.1, 0.15) is 17.5 Å². The Morgan fingerprint density at radius 3 is 2.52 bits per heavy atom. The second kappa shape index (κ2) is 6.77. The van der Waals surface area contributed by atoms with Gasteiger partial charge < -0.3 is 9.84 Å². The highest BCUT2D eigenvalue weighted by molar-refractivity contribution is 7.90. The third-order valence-electron chi connectivity index (χ3n) is 3.10. The van der Waals surface area contributed by atoms with Gasteiger partial charge in [0.1, 0.15) is 5.75 Å². The normalized spacial score (nSPS) is 11.5. The van der Waals surface area contributed by atoms with Gasteiger partial charge in [0.05, 0.1) is 19.2 Å². The van der Waals surface area contributed by atoms with E-state index < -0.39 is 16.2 Å². The van der Waals surface area contributed by atoms with Crippen LogP contribution in [-0.2, 0) is 15.0 Å². The van der Waals surface area contributed by atoms with Gasteiger partial charge in [0.25, 0.3) is 0 Å². The summed E-state index contributed by atoms with van der Waals surface area (Å²) in [7, 11) is -0.959. The van der Waals surface area contributed by atoms with Gasteiger partial charge in [-0.05, 0) is 25.5 Å². The summed E-state index contributed by atoms with van der Waals surface area (Å²) in [5.74, 6) is -0.436. The molecular formula is C13H20N2O5S. The lowest BCUT2D eigenvalue weighted by molar-refractivity contribution is -0.137. The molecule has 0 aliphatic rings. The molecule has 1 rings (SSSR count). The van der Waals surface area contributed by atoms with Crippen LogP contribution < -0.4 is 9.46 Å². The molecular weight excluding hydrogens is 296 g/mol. The molecule has 0 bridgehead atoms. The predicted octanol–water partition coefficient (Wildman–Crippen LogP) is 1.38. The number of hydrogen-bond acceptors (Lipinski definition) is 4. The zero-order chi connectivity index (χ0) is 16.2. The average molecular weight is 316 g/mol. The van der Waals surface area contributed by atoms with Crippen molar-refractivity contribution in [2.45, 2.75) is 20.3 Å². The molecule has 1 aromatic carbocycles. The summed E-state index contributed by atoms with van der Waals surface area (Å²) >= 11 is 0. The molecule has 0 fully saturated rings. The Balaban J connectivity index is 2.97. The first-order valence-electron chi connectivity index (χ1n) is 6.29. The fourth-order valence-corrected chi connectivity index (χ4v) is 2.83. The standard InChI is InChI=1S/C13H20N2O5S/c1-9-5-6-11(10(2)13(9)20-4)14-21(18,19)15(3)8-7-12(16)17/h5-6,14H,7-8H2,1-4H3,(H,16,17). The van der Waals surface area contributed by atoms with Crippen molar-refractivity contribution < 1.29 is 23.1 Å². The number of anilines is 1. The second-order valence-corrected chi connectivity index (χ2v) is 6.44. The van der Waals surface area contributed by atoms with Crippen molar-refractivity contribution in [2.75, 3.05) is 25.4 Å². The van der Waals surface area contributed by atoms with Crippen LogP contribution in [0.15, 0.2) is 12.1 Å². The lowest BCUT2D eigenvalue weighted by Crippen LogP contribution is -2.34. The van der Waals surface area contributed by atoms with Crippen LogP contribution in [0.2, 0.25) is 0 Å². The summed E-state index contributed by atoms with van der Waals surface area (Å²) in [5, 5.41) is 8.60. The maximum Gasteiger partial charge on any atom is 0.304 e. The molecule has 8 heteroatoms. The number of hydrogen-bond donors (Lipinski definition) is 2. The smallest absolute Gasteiger partial charge is 0.304 e. The van der Waals surface area contributed by atoms with E-state index in [4.69, 9.17) is 9.84 Å². The van der Waals surface area contributed by atoms with Crippen LogP contribution in [0.4, 0.5) is 5.69 Å². The molecule has 21 heavy (non-hydrogen) atoms. The van der Waals surface area contributed by atoms with E-state index in [9.17, 15) is 13.2 Å². The summed E-state index contributed by atoms with van der Waals surface area (Å²) in [6.07, 6.45) is -0.256. The van der Waals surface area contributed by atoms with Crippen molar-refractivity contribution in [3.63, 3.8) is 0 Å². The number of aliphatic carboxylic acids is 1. The van der Waals surface area contributed by atoms with E-state index in [1.807, 2.05) is 6.92 Å². The van der Waals surface area contributed by atoms with Crippen molar-refractivity contribution in [2.24, 2.45) is 0 Å². The molecule has 0 aliphatic heterocycles. The molecule has 0 aliphatic carbocycles. The van der Waals surface area contributed by atoms with Gasteiger partial charge >= 0.3 is 16.2 Å². The number of carboxylic acids is 1. The third-order valence-corrected chi connectivity index (χ3v) is 4.58. The number of aryl methyl sites for hydroxylation is 1. The summed E-state index contributed by atoms with van der Waals surface area (Å²) in [6.45, 7) is 3.51. The maximum atomic E-state index is 12.1. The highest BCUT2D eigenvalue weighted by Crippen LogP contribution is 2.29. The number of carboxylic acid groups (broad SMARTS) is 1. The van der Waals surface area contributed by atoms with Gasteiger partial charge in [0, 0.05) is 19.2 Å². The van der Waals surface area contributed by atoms with E-state index in [1.165, 1.54) is 14.2 Å². The number of methoxy groups -OCH3 is 1. The first kappa shape index (κ1) is 17.3. The molecule has 0 aromatic heterocycles.